The Hall–Kier alpha value is -1.99. The number of hydrogen-bond donors (Lipinski definition) is 1. The maximum absolute atomic E-state index is 5.45. The molecule has 0 aliphatic rings. The Labute approximate surface area is 131 Å². The van der Waals surface area contributed by atoms with E-state index in [-0.39, 0.29) is 0 Å². The van der Waals surface area contributed by atoms with Gasteiger partial charge in [-0.25, -0.2) is 0 Å². The van der Waals surface area contributed by atoms with Crippen molar-refractivity contribution in [3.05, 3.63) is 35.7 Å². The first-order chi connectivity index (χ1) is 10.3. The Kier molecular flexibility index (Phi) is 3.85. The highest BCUT2D eigenvalue weighted by molar-refractivity contribution is 7.80. The maximum atomic E-state index is 5.45. The molecule has 0 spiro atoms. The van der Waals surface area contributed by atoms with E-state index in [1.54, 1.807) is 25.6 Å². The number of aromatic nitrogens is 3. The second kappa shape index (κ2) is 5.79. The quantitative estimate of drug-likeness (QED) is 0.750. The summed E-state index contributed by atoms with van der Waals surface area (Å²) in [6, 6.07) is 9.55. The number of hydrogen-bond acceptors (Lipinski definition) is 6. The molecule has 3 aromatic rings. The van der Waals surface area contributed by atoms with Crippen LogP contribution in [0.25, 0.3) is 16.4 Å². The van der Waals surface area contributed by atoms with Gasteiger partial charge in [-0.1, -0.05) is 12.1 Å². The molecule has 0 aliphatic heterocycles. The minimum atomic E-state index is 0.473. The first kappa shape index (κ1) is 14.0. The third-order valence-corrected chi connectivity index (χ3v) is 4.17. The summed E-state index contributed by atoms with van der Waals surface area (Å²) in [5.74, 6) is 2.04. The molecule has 7 heteroatoms. The Balaban J connectivity index is 2.29. The van der Waals surface area contributed by atoms with Crippen LogP contribution in [0.15, 0.2) is 40.9 Å². The fourth-order valence-corrected chi connectivity index (χ4v) is 3.04. The van der Waals surface area contributed by atoms with Gasteiger partial charge in [-0.3, -0.25) is 4.57 Å². The van der Waals surface area contributed by atoms with Crippen LogP contribution in [-0.4, -0.2) is 29.0 Å². The fraction of sp³-hybridized carbons (Fsp3) is 0.143. The lowest BCUT2D eigenvalue weighted by Crippen LogP contribution is -2.03. The molecule has 21 heavy (non-hydrogen) atoms. The molecule has 0 saturated heterocycles. The minimum Gasteiger partial charge on any atom is -0.494 e. The van der Waals surface area contributed by atoms with Crippen LogP contribution in [0.1, 0.15) is 0 Å². The van der Waals surface area contributed by atoms with Crippen molar-refractivity contribution in [2.45, 2.75) is 5.16 Å². The lowest BCUT2D eigenvalue weighted by atomic mass is 10.2. The van der Waals surface area contributed by atoms with E-state index in [0.29, 0.717) is 22.5 Å². The number of ether oxygens (including phenoxy) is 2. The predicted octanol–water partition coefficient (Wildman–Crippen LogP) is 3.30. The van der Waals surface area contributed by atoms with Crippen molar-refractivity contribution in [2.75, 3.05) is 14.2 Å². The summed E-state index contributed by atoms with van der Waals surface area (Å²) in [6.07, 6.45) is 0. The molecule has 108 valence electrons. The van der Waals surface area contributed by atoms with E-state index in [1.807, 2.05) is 40.3 Å². The van der Waals surface area contributed by atoms with Crippen LogP contribution in [-0.2, 0) is 0 Å². The van der Waals surface area contributed by atoms with Crippen LogP contribution in [0, 0.1) is 0 Å². The Morgan fingerprint density at radius 2 is 1.76 bits per heavy atom. The molecule has 0 atom stereocenters. The zero-order valence-corrected chi connectivity index (χ0v) is 13.2. The topological polar surface area (TPSA) is 49.2 Å². The Morgan fingerprint density at radius 3 is 2.33 bits per heavy atom. The molecule has 0 radical (unpaired) electrons. The second-order valence-corrected chi connectivity index (χ2v) is 5.50. The van der Waals surface area contributed by atoms with E-state index >= 15 is 0 Å². The molecule has 0 aliphatic carbocycles. The molecular weight excluding hydrogens is 306 g/mol. The van der Waals surface area contributed by atoms with Gasteiger partial charge in [0.1, 0.15) is 17.2 Å². The molecule has 2 heterocycles. The van der Waals surface area contributed by atoms with Gasteiger partial charge in [0.2, 0.25) is 0 Å². The number of nitrogens with zero attached hydrogens (tertiary/aromatic N) is 3. The Bertz CT molecular complexity index is 731. The number of para-hydroxylation sites is 1. The summed E-state index contributed by atoms with van der Waals surface area (Å²) < 4.78 is 12.7. The van der Waals surface area contributed by atoms with Crippen molar-refractivity contribution in [3.63, 3.8) is 0 Å². The maximum Gasteiger partial charge on any atom is 0.193 e. The zero-order chi connectivity index (χ0) is 14.8. The summed E-state index contributed by atoms with van der Waals surface area (Å²) in [7, 11) is 3.23. The van der Waals surface area contributed by atoms with Gasteiger partial charge < -0.3 is 9.47 Å². The van der Waals surface area contributed by atoms with Gasteiger partial charge in [0.05, 0.1) is 19.1 Å². The second-order valence-electron chi connectivity index (χ2n) is 4.15. The lowest BCUT2D eigenvalue weighted by Gasteiger charge is -2.15. The van der Waals surface area contributed by atoms with E-state index < -0.39 is 0 Å². The van der Waals surface area contributed by atoms with E-state index in [9.17, 15) is 0 Å². The fourth-order valence-electron chi connectivity index (χ4n) is 2.10. The molecule has 0 bridgehead atoms. The predicted molar refractivity (Wildman–Crippen MR) is 85.0 cm³/mol. The molecule has 0 unspecified atom stereocenters. The molecule has 0 fully saturated rings. The van der Waals surface area contributed by atoms with E-state index in [2.05, 4.69) is 22.8 Å². The van der Waals surface area contributed by atoms with Crippen LogP contribution in [0.3, 0.4) is 0 Å². The monoisotopic (exact) mass is 319 g/mol. The van der Waals surface area contributed by atoms with Gasteiger partial charge in [-0.2, -0.15) is 0 Å². The van der Waals surface area contributed by atoms with E-state index in [0.717, 1.165) is 10.6 Å². The van der Waals surface area contributed by atoms with Gasteiger partial charge in [0.15, 0.2) is 11.0 Å². The van der Waals surface area contributed by atoms with Crippen molar-refractivity contribution in [2.24, 2.45) is 0 Å². The zero-order valence-electron chi connectivity index (χ0n) is 11.5. The molecule has 5 nitrogen and oxygen atoms in total. The highest BCUT2D eigenvalue weighted by Gasteiger charge is 2.20. The Morgan fingerprint density at radius 1 is 1.05 bits per heavy atom. The lowest BCUT2D eigenvalue weighted by molar-refractivity contribution is 0.390. The molecular formula is C14H13N3O2S2. The summed E-state index contributed by atoms with van der Waals surface area (Å²) in [5, 5.41) is 10.8. The van der Waals surface area contributed by atoms with Gasteiger partial charge in [-0.05, 0) is 23.6 Å². The average Bonchev–Trinajstić information content (AvgIpc) is 3.15. The normalized spacial score (nSPS) is 10.6. The minimum absolute atomic E-state index is 0.473. The van der Waals surface area contributed by atoms with Gasteiger partial charge >= 0.3 is 0 Å². The SMILES string of the molecule is COc1cccc(OC)c1-n1c(S)nnc1-c1cccs1. The van der Waals surface area contributed by atoms with Crippen LogP contribution < -0.4 is 9.47 Å². The molecule has 3 rings (SSSR count). The van der Waals surface area contributed by atoms with Crippen molar-refractivity contribution in [1.29, 1.82) is 0 Å². The van der Waals surface area contributed by atoms with Crippen LogP contribution >= 0.6 is 24.0 Å². The molecule has 0 amide bonds. The average molecular weight is 319 g/mol. The highest BCUT2D eigenvalue weighted by atomic mass is 32.1. The number of methoxy groups -OCH3 is 2. The number of thiol groups is 1. The number of thiophene rings is 1. The third-order valence-electron chi connectivity index (χ3n) is 3.01. The van der Waals surface area contributed by atoms with E-state index in [4.69, 9.17) is 9.47 Å². The standard InChI is InChI=1S/C14H13N3O2S2/c1-18-9-5-3-6-10(19-2)12(9)17-13(15-16-14(17)20)11-7-4-8-21-11/h3-8H,1-2H3,(H,16,20). The van der Waals surface area contributed by atoms with Crippen molar-refractivity contribution < 1.29 is 9.47 Å². The van der Waals surface area contributed by atoms with Crippen LogP contribution in [0.2, 0.25) is 0 Å². The van der Waals surface area contributed by atoms with Crippen molar-refractivity contribution in [1.82, 2.24) is 14.8 Å². The highest BCUT2D eigenvalue weighted by Crippen LogP contribution is 2.37. The smallest absolute Gasteiger partial charge is 0.193 e. The molecule has 0 saturated carbocycles. The van der Waals surface area contributed by atoms with Crippen molar-refractivity contribution >= 4 is 24.0 Å². The van der Waals surface area contributed by atoms with Crippen LogP contribution in [0.5, 0.6) is 11.5 Å². The number of benzene rings is 1. The summed E-state index contributed by atoms with van der Waals surface area (Å²) in [6.45, 7) is 0. The van der Waals surface area contributed by atoms with Crippen LogP contribution in [0.4, 0.5) is 0 Å². The first-order valence-corrected chi connectivity index (χ1v) is 7.48. The first-order valence-electron chi connectivity index (χ1n) is 6.16. The largest absolute Gasteiger partial charge is 0.494 e. The molecule has 0 N–H and O–H groups in total. The molecule has 2 aromatic heterocycles. The summed E-state index contributed by atoms with van der Waals surface area (Å²) in [4.78, 5) is 0.996. The van der Waals surface area contributed by atoms with Gasteiger partial charge in [0, 0.05) is 0 Å². The summed E-state index contributed by atoms with van der Waals surface area (Å²) >= 11 is 6.00. The third kappa shape index (κ3) is 2.38. The van der Waals surface area contributed by atoms with Crippen molar-refractivity contribution in [3.8, 4) is 27.9 Å². The van der Waals surface area contributed by atoms with E-state index in [1.165, 1.54) is 0 Å². The van der Waals surface area contributed by atoms with Gasteiger partial charge in [0.25, 0.3) is 0 Å². The number of rotatable bonds is 4. The van der Waals surface area contributed by atoms with Gasteiger partial charge in [-0.15, -0.1) is 34.2 Å². The summed E-state index contributed by atoms with van der Waals surface area (Å²) in [5.41, 5.74) is 0.737. The molecule has 1 aromatic carbocycles.